The monoisotopic (exact) mass is 602 g/mol. The average Bonchev–Trinajstić information content (AvgIpc) is 3.27. The zero-order chi connectivity index (χ0) is 31.3. The molecule has 0 bridgehead atoms. The molecule has 4 aliphatic carbocycles. The van der Waals surface area contributed by atoms with Gasteiger partial charge in [0.1, 0.15) is 12.3 Å². The Balaban J connectivity index is 1.59. The van der Waals surface area contributed by atoms with Crippen LogP contribution in [0.2, 0.25) is 0 Å². The fourth-order valence-corrected chi connectivity index (χ4v) is 7.84. The van der Waals surface area contributed by atoms with Gasteiger partial charge in [-0.2, -0.15) is 0 Å². The molecule has 2 amide bonds. The lowest BCUT2D eigenvalue weighted by molar-refractivity contribution is -0.143. The molecule has 2 saturated carbocycles. The number of allylic oxidation sites excluding steroid dienone is 4. The van der Waals surface area contributed by atoms with Crippen LogP contribution in [0.4, 0.5) is 26.7 Å². The van der Waals surface area contributed by atoms with E-state index in [-0.39, 0.29) is 31.4 Å². The van der Waals surface area contributed by atoms with Crippen LogP contribution in [0.25, 0.3) is 0 Å². The van der Waals surface area contributed by atoms with E-state index >= 15 is 17.6 Å². The highest BCUT2D eigenvalue weighted by atomic mass is 19.2. The molecule has 5 rings (SSSR count). The SMILES string of the molecule is C=CCNC(=O)NCC#Cc1ccc([C@@H]2C3=C4C(=CC(=O)C(F)C4F)C(F)C(F)[C@H]3[C@@H]3CC[C@@](O)(CC)[C@@]3(C)C2F)cc1. The molecule has 230 valence electrons. The molecule has 0 heterocycles. The van der Waals surface area contributed by atoms with Gasteiger partial charge in [-0.25, -0.2) is 26.7 Å². The van der Waals surface area contributed by atoms with Crippen LogP contribution < -0.4 is 10.6 Å². The first-order valence-electron chi connectivity index (χ1n) is 14.5. The Morgan fingerprint density at radius 3 is 2.47 bits per heavy atom. The van der Waals surface area contributed by atoms with Gasteiger partial charge in [-0.15, -0.1) is 6.58 Å². The predicted octanol–water partition coefficient (Wildman–Crippen LogP) is 5.30. The smallest absolute Gasteiger partial charge is 0.315 e. The zero-order valence-corrected chi connectivity index (χ0v) is 24.0. The summed E-state index contributed by atoms with van der Waals surface area (Å²) < 4.78 is 79.3. The maximum atomic E-state index is 17.1. The standard InChI is InChI=1S/C33H35F5N2O3/c1-4-14-39-31(42)40-15-6-7-17-8-10-18(11-9-17)22-25-23-19(16-21(41)27(35)28(23)36)26(34)29(37)24(25)20-12-13-33(43,5-2)32(20,3)30(22)38/h4,8-11,16,20,22,24,26-30,43H,1,5,12-15H2,2-3H3,(H2,39,40,42)/t20-,22+,24-,26?,27?,28?,29?,30?,32+,33-/m0/s1. The topological polar surface area (TPSA) is 78.4 Å². The van der Waals surface area contributed by atoms with Crippen LogP contribution >= 0.6 is 0 Å². The lowest BCUT2D eigenvalue weighted by Crippen LogP contribution is -2.61. The molecule has 0 radical (unpaired) electrons. The Bertz CT molecular complexity index is 1430. The van der Waals surface area contributed by atoms with Gasteiger partial charge in [-0.05, 0) is 65.7 Å². The van der Waals surface area contributed by atoms with Gasteiger partial charge in [0.05, 0.1) is 12.1 Å². The van der Waals surface area contributed by atoms with E-state index in [4.69, 9.17) is 0 Å². The molecule has 1 aromatic rings. The molecule has 3 N–H and O–H groups in total. The summed E-state index contributed by atoms with van der Waals surface area (Å²) >= 11 is 0. The first kappa shape index (κ1) is 31.0. The number of ketones is 1. The fraction of sp³-hybridized carbons (Fsp3) is 0.515. The van der Waals surface area contributed by atoms with E-state index in [1.54, 1.807) is 38.1 Å². The van der Waals surface area contributed by atoms with E-state index in [9.17, 15) is 19.1 Å². The molecule has 5 nitrogen and oxygen atoms in total. The van der Waals surface area contributed by atoms with Gasteiger partial charge in [0.2, 0.25) is 0 Å². The summed E-state index contributed by atoms with van der Waals surface area (Å²) in [6.45, 7) is 7.11. The highest BCUT2D eigenvalue weighted by molar-refractivity contribution is 5.98. The van der Waals surface area contributed by atoms with Gasteiger partial charge in [0, 0.05) is 29.4 Å². The zero-order valence-electron chi connectivity index (χ0n) is 24.0. The lowest BCUT2D eigenvalue weighted by Gasteiger charge is -2.57. The number of benzene rings is 1. The van der Waals surface area contributed by atoms with Crippen molar-refractivity contribution >= 4 is 11.8 Å². The van der Waals surface area contributed by atoms with Gasteiger partial charge in [0.25, 0.3) is 0 Å². The molecular formula is C33H35F5N2O3. The molecule has 0 saturated heterocycles. The average molecular weight is 603 g/mol. The minimum atomic E-state index is -2.61. The quantitative estimate of drug-likeness (QED) is 0.243. The summed E-state index contributed by atoms with van der Waals surface area (Å²) in [5.74, 6) is 0.860. The maximum Gasteiger partial charge on any atom is 0.315 e. The first-order valence-corrected chi connectivity index (χ1v) is 14.5. The first-order chi connectivity index (χ1) is 20.4. The van der Waals surface area contributed by atoms with Crippen molar-refractivity contribution in [1.82, 2.24) is 10.6 Å². The van der Waals surface area contributed by atoms with Gasteiger partial charge in [0.15, 0.2) is 24.3 Å². The minimum Gasteiger partial charge on any atom is -0.389 e. The number of amides is 2. The van der Waals surface area contributed by atoms with Crippen LogP contribution in [0, 0.1) is 29.1 Å². The van der Waals surface area contributed by atoms with Crippen molar-refractivity contribution in [2.75, 3.05) is 13.1 Å². The summed E-state index contributed by atoms with van der Waals surface area (Å²) in [6, 6.07) is 5.85. The molecule has 2 fully saturated rings. The molecular weight excluding hydrogens is 567 g/mol. The molecule has 0 aromatic heterocycles. The number of alkyl halides is 5. The van der Waals surface area contributed by atoms with Gasteiger partial charge in [-0.3, -0.25) is 4.79 Å². The van der Waals surface area contributed by atoms with Crippen LogP contribution in [0.1, 0.15) is 50.2 Å². The predicted molar refractivity (Wildman–Crippen MR) is 152 cm³/mol. The molecule has 10 atom stereocenters. The van der Waals surface area contributed by atoms with Crippen LogP contribution in [0.3, 0.4) is 0 Å². The Morgan fingerprint density at radius 2 is 1.81 bits per heavy atom. The summed E-state index contributed by atoms with van der Waals surface area (Å²) in [5, 5.41) is 16.7. The van der Waals surface area contributed by atoms with E-state index < -0.39 is 82.6 Å². The summed E-state index contributed by atoms with van der Waals surface area (Å²) in [7, 11) is 0. The second-order valence-electron chi connectivity index (χ2n) is 12.0. The number of carbonyl (C=O) groups is 2. The van der Waals surface area contributed by atoms with Crippen LogP contribution in [0.15, 0.2) is 59.7 Å². The number of nitrogens with one attached hydrogen (secondary N) is 2. The highest BCUT2D eigenvalue weighted by Crippen LogP contribution is 2.68. The van der Waals surface area contributed by atoms with E-state index in [1.165, 1.54) is 6.08 Å². The summed E-state index contributed by atoms with van der Waals surface area (Å²) in [5.41, 5.74) is -3.32. The Labute approximate surface area is 247 Å². The number of halogens is 5. The number of rotatable bonds is 5. The summed E-state index contributed by atoms with van der Waals surface area (Å²) in [4.78, 5) is 23.8. The summed E-state index contributed by atoms with van der Waals surface area (Å²) in [6.07, 6.45) is -8.99. The number of hydrogen-bond donors (Lipinski definition) is 3. The third-order valence-electron chi connectivity index (χ3n) is 10.1. The number of carbonyl (C=O) groups excluding carboxylic acids is 2. The van der Waals surface area contributed by atoms with E-state index in [0.717, 1.165) is 0 Å². The highest BCUT2D eigenvalue weighted by Gasteiger charge is 2.70. The van der Waals surface area contributed by atoms with E-state index in [2.05, 4.69) is 29.1 Å². The lowest BCUT2D eigenvalue weighted by atomic mass is 9.49. The van der Waals surface area contributed by atoms with Crippen molar-refractivity contribution in [3.05, 3.63) is 70.8 Å². The Hall–Kier alpha value is -3.45. The van der Waals surface area contributed by atoms with Gasteiger partial charge in [-0.1, -0.05) is 43.9 Å². The van der Waals surface area contributed by atoms with Crippen molar-refractivity contribution in [2.24, 2.45) is 17.3 Å². The molecule has 4 aliphatic rings. The van der Waals surface area contributed by atoms with E-state index in [0.29, 0.717) is 23.7 Å². The second-order valence-corrected chi connectivity index (χ2v) is 12.0. The van der Waals surface area contributed by atoms with Crippen molar-refractivity contribution in [3.8, 4) is 11.8 Å². The Morgan fingerprint density at radius 1 is 1.12 bits per heavy atom. The molecule has 1 aromatic carbocycles. The second kappa shape index (κ2) is 11.6. The number of urea groups is 1. The third-order valence-corrected chi connectivity index (χ3v) is 10.1. The molecule has 0 aliphatic heterocycles. The number of hydrogen-bond acceptors (Lipinski definition) is 3. The molecule has 43 heavy (non-hydrogen) atoms. The van der Waals surface area contributed by atoms with Crippen molar-refractivity contribution in [3.63, 3.8) is 0 Å². The van der Waals surface area contributed by atoms with Crippen molar-refractivity contribution in [2.45, 2.75) is 75.5 Å². The third kappa shape index (κ3) is 4.80. The van der Waals surface area contributed by atoms with Crippen molar-refractivity contribution in [1.29, 1.82) is 0 Å². The van der Waals surface area contributed by atoms with Crippen LogP contribution in [-0.2, 0) is 4.79 Å². The maximum absolute atomic E-state index is 17.1. The van der Waals surface area contributed by atoms with Crippen LogP contribution in [0.5, 0.6) is 0 Å². The largest absolute Gasteiger partial charge is 0.389 e. The Kier molecular flexibility index (Phi) is 8.34. The van der Waals surface area contributed by atoms with Crippen molar-refractivity contribution < 1.29 is 36.6 Å². The van der Waals surface area contributed by atoms with Crippen LogP contribution in [-0.4, -0.2) is 66.5 Å². The van der Waals surface area contributed by atoms with E-state index in [1.807, 2.05) is 0 Å². The van der Waals surface area contributed by atoms with Gasteiger partial charge < -0.3 is 15.7 Å². The van der Waals surface area contributed by atoms with Gasteiger partial charge >= 0.3 is 6.03 Å². The normalized spacial score (nSPS) is 38.1. The number of fused-ring (bicyclic) bond motifs is 4. The fourth-order valence-electron chi connectivity index (χ4n) is 7.84. The number of aliphatic hydroxyl groups is 1. The molecule has 10 heteroatoms. The minimum absolute atomic E-state index is 0.0472. The molecule has 5 unspecified atom stereocenters. The molecule has 0 spiro atoms.